The van der Waals surface area contributed by atoms with E-state index < -0.39 is 0 Å². The number of anilines is 1. The van der Waals surface area contributed by atoms with E-state index in [2.05, 4.69) is 20.7 Å². The van der Waals surface area contributed by atoms with E-state index in [0.29, 0.717) is 24.4 Å². The molecule has 0 unspecified atom stereocenters. The van der Waals surface area contributed by atoms with Gasteiger partial charge in [0, 0.05) is 17.7 Å². The highest BCUT2D eigenvalue weighted by atomic mass is 16.5. The fourth-order valence-electron chi connectivity index (χ4n) is 2.93. The van der Waals surface area contributed by atoms with Gasteiger partial charge >= 0.3 is 0 Å². The van der Waals surface area contributed by atoms with E-state index in [1.807, 2.05) is 48.5 Å². The minimum Gasteiger partial charge on any atom is -0.489 e. The van der Waals surface area contributed by atoms with Crippen molar-refractivity contribution >= 4 is 11.6 Å². The summed E-state index contributed by atoms with van der Waals surface area (Å²) in [5.74, 6) is 0.803. The summed E-state index contributed by atoms with van der Waals surface area (Å²) in [4.78, 5) is 11.4. The summed E-state index contributed by atoms with van der Waals surface area (Å²) in [6.45, 7) is 0.388. The minimum absolute atomic E-state index is 0.0487. The number of aromatic amines is 1. The van der Waals surface area contributed by atoms with Crippen molar-refractivity contribution in [3.8, 4) is 23.1 Å². The highest BCUT2D eigenvalue weighted by molar-refractivity contribution is 5.94. The Morgan fingerprint density at radius 1 is 1.19 bits per heavy atom. The molecule has 1 aromatic heterocycles. The Balaban J connectivity index is 1.50. The zero-order valence-electron chi connectivity index (χ0n) is 13.8. The first-order valence-electron chi connectivity index (χ1n) is 8.19. The van der Waals surface area contributed by atoms with Crippen LogP contribution in [-0.2, 0) is 17.8 Å². The van der Waals surface area contributed by atoms with Crippen LogP contribution >= 0.6 is 0 Å². The van der Waals surface area contributed by atoms with E-state index in [1.54, 1.807) is 0 Å². The molecule has 7 nitrogen and oxygen atoms in total. The molecule has 1 aliphatic rings. The van der Waals surface area contributed by atoms with Crippen LogP contribution in [0.2, 0.25) is 0 Å². The number of aryl methyl sites for hydroxylation is 1. The average molecular weight is 345 g/mol. The van der Waals surface area contributed by atoms with E-state index in [4.69, 9.17) is 10.00 Å². The second kappa shape index (κ2) is 6.69. The predicted octanol–water partition coefficient (Wildman–Crippen LogP) is 2.81. The summed E-state index contributed by atoms with van der Waals surface area (Å²) in [6.07, 6.45) is 1.22. The first-order valence-corrected chi connectivity index (χ1v) is 8.19. The first-order chi connectivity index (χ1) is 12.7. The molecular weight excluding hydrogens is 330 g/mol. The van der Waals surface area contributed by atoms with Crippen molar-refractivity contribution in [2.24, 2.45) is 0 Å². The maximum atomic E-state index is 11.4. The molecule has 128 valence electrons. The largest absolute Gasteiger partial charge is 0.489 e. The van der Waals surface area contributed by atoms with Gasteiger partial charge in [-0.1, -0.05) is 23.4 Å². The summed E-state index contributed by atoms with van der Waals surface area (Å²) in [5, 5.41) is 22.2. The second-order valence-corrected chi connectivity index (χ2v) is 6.00. The van der Waals surface area contributed by atoms with Gasteiger partial charge in [-0.05, 0) is 41.8 Å². The number of nitrogens with zero attached hydrogens (tertiary/aromatic N) is 3. The van der Waals surface area contributed by atoms with Crippen LogP contribution in [0, 0.1) is 11.3 Å². The molecule has 1 aliphatic heterocycles. The molecule has 0 radical (unpaired) electrons. The Morgan fingerprint density at radius 3 is 3.00 bits per heavy atom. The standard InChI is InChI=1S/C19H15N5O2/c20-10-17-19(23-24-22-17)14-3-1-2-12(8-14)11-26-15-5-6-16-13(9-15)4-7-18(25)21-16/h1-3,5-6,8-9H,4,7,11H2,(H,21,25)(H,22,23,24). The summed E-state index contributed by atoms with van der Waals surface area (Å²) in [7, 11) is 0. The lowest BCUT2D eigenvalue weighted by atomic mass is 10.0. The summed E-state index contributed by atoms with van der Waals surface area (Å²) >= 11 is 0. The van der Waals surface area contributed by atoms with E-state index in [-0.39, 0.29) is 5.91 Å². The zero-order chi connectivity index (χ0) is 17.9. The van der Waals surface area contributed by atoms with Gasteiger partial charge in [-0.3, -0.25) is 4.79 Å². The predicted molar refractivity (Wildman–Crippen MR) is 94.3 cm³/mol. The van der Waals surface area contributed by atoms with Crippen molar-refractivity contribution in [1.29, 1.82) is 5.26 Å². The van der Waals surface area contributed by atoms with Gasteiger partial charge in [0.1, 0.15) is 24.1 Å². The average Bonchev–Trinajstić information content (AvgIpc) is 3.15. The number of carbonyl (C=O) groups excluding carboxylic acids is 1. The maximum Gasteiger partial charge on any atom is 0.224 e. The van der Waals surface area contributed by atoms with Gasteiger partial charge < -0.3 is 10.1 Å². The Morgan fingerprint density at radius 2 is 2.12 bits per heavy atom. The molecule has 2 aromatic carbocycles. The number of nitrogens with one attached hydrogen (secondary N) is 2. The molecule has 7 heteroatoms. The van der Waals surface area contributed by atoms with E-state index in [0.717, 1.165) is 34.5 Å². The highest BCUT2D eigenvalue weighted by Gasteiger charge is 2.15. The zero-order valence-corrected chi connectivity index (χ0v) is 13.8. The van der Waals surface area contributed by atoms with Crippen molar-refractivity contribution in [2.45, 2.75) is 19.4 Å². The molecule has 0 atom stereocenters. The molecule has 0 aliphatic carbocycles. The third-order valence-corrected chi connectivity index (χ3v) is 4.24. The van der Waals surface area contributed by atoms with Gasteiger partial charge in [-0.25, -0.2) is 5.10 Å². The summed E-state index contributed by atoms with van der Waals surface area (Å²) in [5.41, 5.74) is 4.56. The van der Waals surface area contributed by atoms with Crippen molar-refractivity contribution in [3.63, 3.8) is 0 Å². The molecule has 2 N–H and O–H groups in total. The topological polar surface area (TPSA) is 104 Å². The lowest BCUT2D eigenvalue weighted by Gasteiger charge is -2.17. The second-order valence-electron chi connectivity index (χ2n) is 6.00. The van der Waals surface area contributed by atoms with Crippen LogP contribution in [0.25, 0.3) is 11.3 Å². The van der Waals surface area contributed by atoms with Gasteiger partial charge in [0.25, 0.3) is 0 Å². The Hall–Kier alpha value is -3.66. The van der Waals surface area contributed by atoms with Gasteiger partial charge in [0.2, 0.25) is 5.91 Å². The Kier molecular flexibility index (Phi) is 4.07. The number of hydrogen-bond acceptors (Lipinski definition) is 5. The third kappa shape index (κ3) is 3.13. The fraction of sp³-hybridized carbons (Fsp3) is 0.158. The van der Waals surface area contributed by atoms with Gasteiger partial charge in [-0.2, -0.15) is 5.26 Å². The van der Waals surface area contributed by atoms with Crippen molar-refractivity contribution < 1.29 is 9.53 Å². The monoisotopic (exact) mass is 345 g/mol. The van der Waals surface area contributed by atoms with Crippen molar-refractivity contribution in [1.82, 2.24) is 15.4 Å². The summed E-state index contributed by atoms with van der Waals surface area (Å²) < 4.78 is 5.89. The van der Waals surface area contributed by atoms with E-state index >= 15 is 0 Å². The number of amides is 1. The number of aromatic nitrogens is 3. The quantitative estimate of drug-likeness (QED) is 0.757. The number of rotatable bonds is 4. The van der Waals surface area contributed by atoms with Crippen LogP contribution in [0.1, 0.15) is 23.2 Å². The molecule has 0 saturated heterocycles. The lowest BCUT2D eigenvalue weighted by molar-refractivity contribution is -0.116. The SMILES string of the molecule is N#Cc1[nH]nnc1-c1cccc(COc2ccc3c(c2)CCC(=O)N3)c1. The van der Waals surface area contributed by atoms with Crippen LogP contribution in [0.3, 0.4) is 0 Å². The highest BCUT2D eigenvalue weighted by Crippen LogP contribution is 2.27. The van der Waals surface area contributed by atoms with Crippen LogP contribution < -0.4 is 10.1 Å². The number of benzene rings is 2. The van der Waals surface area contributed by atoms with E-state index in [1.165, 1.54) is 0 Å². The van der Waals surface area contributed by atoms with Gasteiger partial charge in [0.15, 0.2) is 5.69 Å². The molecular formula is C19H15N5O2. The number of H-pyrrole nitrogens is 1. The summed E-state index contributed by atoms with van der Waals surface area (Å²) in [6, 6.07) is 15.4. The Labute approximate surface area is 149 Å². The van der Waals surface area contributed by atoms with Gasteiger partial charge in [0.05, 0.1) is 0 Å². The van der Waals surface area contributed by atoms with Gasteiger partial charge in [-0.15, -0.1) is 5.10 Å². The van der Waals surface area contributed by atoms with Crippen LogP contribution in [0.5, 0.6) is 5.75 Å². The molecule has 0 saturated carbocycles. The number of fused-ring (bicyclic) bond motifs is 1. The van der Waals surface area contributed by atoms with Crippen LogP contribution in [0.15, 0.2) is 42.5 Å². The van der Waals surface area contributed by atoms with Crippen molar-refractivity contribution in [3.05, 3.63) is 59.3 Å². The number of nitriles is 1. The number of hydrogen-bond donors (Lipinski definition) is 2. The minimum atomic E-state index is 0.0487. The lowest BCUT2D eigenvalue weighted by Crippen LogP contribution is -2.18. The van der Waals surface area contributed by atoms with Crippen LogP contribution in [-0.4, -0.2) is 21.3 Å². The van der Waals surface area contributed by atoms with Crippen molar-refractivity contribution in [2.75, 3.05) is 5.32 Å². The van der Waals surface area contributed by atoms with Crippen LogP contribution in [0.4, 0.5) is 5.69 Å². The third-order valence-electron chi connectivity index (χ3n) is 4.24. The molecule has 0 spiro atoms. The normalized spacial score (nSPS) is 12.8. The molecule has 2 heterocycles. The Bertz CT molecular complexity index is 1020. The first kappa shape index (κ1) is 15.8. The maximum absolute atomic E-state index is 11.4. The number of carbonyl (C=O) groups is 1. The molecule has 1 amide bonds. The number of ether oxygens (including phenoxy) is 1. The molecule has 4 rings (SSSR count). The molecule has 26 heavy (non-hydrogen) atoms. The smallest absolute Gasteiger partial charge is 0.224 e. The molecule has 0 bridgehead atoms. The molecule has 0 fully saturated rings. The fourth-order valence-corrected chi connectivity index (χ4v) is 2.93. The molecule has 3 aromatic rings. The van der Waals surface area contributed by atoms with E-state index in [9.17, 15) is 4.79 Å².